The lowest BCUT2D eigenvalue weighted by atomic mass is 9.99. The van der Waals surface area contributed by atoms with Gasteiger partial charge in [-0.1, -0.05) is 92.5 Å². The predicted octanol–water partition coefficient (Wildman–Crippen LogP) is 10.0. The number of nitrogens with zero attached hydrogens (tertiary/aromatic N) is 2. The van der Waals surface area contributed by atoms with Crippen molar-refractivity contribution in [1.29, 1.82) is 0 Å². The highest BCUT2D eigenvalue weighted by molar-refractivity contribution is 6.36. The van der Waals surface area contributed by atoms with Gasteiger partial charge in [-0.3, -0.25) is 5.32 Å². The third kappa shape index (κ3) is 8.85. The Balaban J connectivity index is 1.36. The molecule has 0 bridgehead atoms. The van der Waals surface area contributed by atoms with Crippen LogP contribution in [0.5, 0.6) is 5.75 Å². The van der Waals surface area contributed by atoms with Crippen LogP contribution in [0.1, 0.15) is 48.1 Å². The Morgan fingerprint density at radius 1 is 0.917 bits per heavy atom. The molecule has 0 fully saturated rings. The third-order valence-corrected chi connectivity index (χ3v) is 7.86. The largest absolute Gasteiger partial charge is 0.495 e. The van der Waals surface area contributed by atoms with E-state index in [0.29, 0.717) is 46.2 Å². The molecule has 2 N–H and O–H groups in total. The number of hydrogen-bond donors (Lipinski definition) is 2. The van der Waals surface area contributed by atoms with Gasteiger partial charge in [0.2, 0.25) is 0 Å². The van der Waals surface area contributed by atoms with Crippen LogP contribution >= 0.6 is 23.2 Å². The van der Waals surface area contributed by atoms with Crippen molar-refractivity contribution >= 4 is 53.1 Å². The number of rotatable bonds is 10. The van der Waals surface area contributed by atoms with Crippen LogP contribution in [0.3, 0.4) is 0 Å². The van der Waals surface area contributed by atoms with E-state index >= 15 is 0 Å². The van der Waals surface area contributed by atoms with Gasteiger partial charge in [-0.25, -0.2) is 14.6 Å². The van der Waals surface area contributed by atoms with E-state index in [9.17, 15) is 14.7 Å². The molecule has 0 unspecified atom stereocenters. The molecule has 4 aromatic carbocycles. The Hall–Kier alpha value is -5.05. The van der Waals surface area contributed by atoms with Gasteiger partial charge in [0, 0.05) is 23.3 Å². The summed E-state index contributed by atoms with van der Waals surface area (Å²) >= 11 is 12.6. The number of carboxylic acids is 1. The summed E-state index contributed by atoms with van der Waals surface area (Å²) in [7, 11) is 1.56. The van der Waals surface area contributed by atoms with Crippen molar-refractivity contribution in [1.82, 2.24) is 9.55 Å². The van der Waals surface area contributed by atoms with Crippen molar-refractivity contribution in [2.75, 3.05) is 19.0 Å². The number of benzene rings is 4. The number of amides is 1. The minimum Gasteiger partial charge on any atom is -0.495 e. The molecule has 246 valence electrons. The monoisotopic (exact) mass is 683 g/mol. The fourth-order valence-electron chi connectivity index (χ4n) is 4.83. The Labute approximate surface area is 289 Å². The second-order valence-electron chi connectivity index (χ2n) is 12.4. The van der Waals surface area contributed by atoms with Gasteiger partial charge in [0.15, 0.2) is 0 Å². The van der Waals surface area contributed by atoms with Gasteiger partial charge in [0.25, 0.3) is 0 Å². The molecule has 0 saturated carbocycles. The summed E-state index contributed by atoms with van der Waals surface area (Å²) in [4.78, 5) is 28.5. The second-order valence-corrected chi connectivity index (χ2v) is 13.2. The maximum atomic E-state index is 12.3. The first-order valence-corrected chi connectivity index (χ1v) is 15.9. The number of nitrogens with one attached hydrogen (secondary N) is 1. The number of carbonyl (C=O) groups is 2. The topological polar surface area (TPSA) is 103 Å². The molecule has 5 aromatic rings. The number of carbonyl (C=O) groups excluding carboxylic acids is 1. The standard InChI is InChI=1S/C38H35Cl2N3O5/c1-38(2,3)23-48-37(46)42-32-17-14-28(19-34(32)47-4)26-10-5-24(6-11-26)9-18-35-41-33(30-16-15-29(39)20-31(30)40)22-43(35)21-25-7-12-27(13-8-25)36(44)45/h5-20,22H,21,23H2,1-4H3,(H,42,46)(H,44,45)/b18-9+. The molecule has 8 nitrogen and oxygen atoms in total. The average molecular weight is 685 g/mol. The number of aromatic carboxylic acids is 1. The van der Waals surface area contributed by atoms with Crippen LogP contribution in [0.2, 0.25) is 10.0 Å². The SMILES string of the molecule is COc1cc(-c2ccc(/C=C/c3nc(-c4ccc(Cl)cc4Cl)cn3Cc3ccc(C(=O)O)cc3)cc2)ccc1NC(=O)OCC(C)(C)C. The Kier molecular flexibility index (Phi) is 10.6. The van der Waals surface area contributed by atoms with E-state index in [2.05, 4.69) is 5.32 Å². The second kappa shape index (κ2) is 14.8. The van der Waals surface area contributed by atoms with Gasteiger partial charge in [-0.2, -0.15) is 0 Å². The van der Waals surface area contributed by atoms with Crippen molar-refractivity contribution in [3.05, 3.63) is 124 Å². The Morgan fingerprint density at radius 3 is 2.27 bits per heavy atom. The van der Waals surface area contributed by atoms with Crippen LogP contribution in [0, 0.1) is 5.41 Å². The summed E-state index contributed by atoms with van der Waals surface area (Å²) in [6, 6.07) is 25.6. The van der Waals surface area contributed by atoms with Crippen molar-refractivity contribution in [3.8, 4) is 28.1 Å². The number of imidazole rings is 1. The van der Waals surface area contributed by atoms with Crippen LogP contribution < -0.4 is 10.1 Å². The molecule has 1 heterocycles. The smallest absolute Gasteiger partial charge is 0.411 e. The number of methoxy groups -OCH3 is 1. The molecule has 1 aromatic heterocycles. The van der Waals surface area contributed by atoms with Gasteiger partial charge >= 0.3 is 12.1 Å². The van der Waals surface area contributed by atoms with E-state index < -0.39 is 12.1 Å². The van der Waals surface area contributed by atoms with Crippen molar-refractivity contribution < 1.29 is 24.2 Å². The van der Waals surface area contributed by atoms with E-state index in [1.165, 1.54) is 0 Å². The van der Waals surface area contributed by atoms with Crippen LogP contribution in [0.25, 0.3) is 34.5 Å². The van der Waals surface area contributed by atoms with Gasteiger partial charge in [-0.05, 0) is 76.2 Å². The normalized spacial score (nSPS) is 11.5. The molecular formula is C38H35Cl2N3O5. The molecule has 10 heteroatoms. The van der Waals surface area contributed by atoms with Gasteiger partial charge in [-0.15, -0.1) is 0 Å². The minimum atomic E-state index is -0.972. The van der Waals surface area contributed by atoms with Crippen molar-refractivity contribution in [2.24, 2.45) is 5.41 Å². The number of hydrogen-bond acceptors (Lipinski definition) is 5. The van der Waals surface area contributed by atoms with E-state index in [-0.39, 0.29) is 11.0 Å². The quantitative estimate of drug-likeness (QED) is 0.152. The zero-order valence-electron chi connectivity index (χ0n) is 27.0. The summed E-state index contributed by atoms with van der Waals surface area (Å²) < 4.78 is 12.9. The summed E-state index contributed by atoms with van der Waals surface area (Å²) in [5.74, 6) is 0.238. The average Bonchev–Trinajstić information content (AvgIpc) is 3.45. The first-order chi connectivity index (χ1) is 22.9. The fourth-order valence-corrected chi connectivity index (χ4v) is 5.33. The number of carboxylic acid groups (broad SMARTS) is 1. The van der Waals surface area contributed by atoms with Gasteiger partial charge in [0.05, 0.1) is 35.7 Å². The maximum absolute atomic E-state index is 12.3. The van der Waals surface area contributed by atoms with E-state index in [1.54, 1.807) is 49.6 Å². The first-order valence-electron chi connectivity index (χ1n) is 15.1. The van der Waals surface area contributed by atoms with E-state index in [4.69, 9.17) is 37.7 Å². The molecule has 0 radical (unpaired) electrons. The summed E-state index contributed by atoms with van der Waals surface area (Å²) in [6.07, 6.45) is 5.28. The highest BCUT2D eigenvalue weighted by Gasteiger charge is 2.16. The van der Waals surface area contributed by atoms with E-state index in [1.807, 2.05) is 86.2 Å². The number of anilines is 1. The summed E-state index contributed by atoms with van der Waals surface area (Å²) in [5.41, 5.74) is 5.81. The molecule has 0 saturated heterocycles. The number of halogens is 2. The number of aromatic nitrogens is 2. The van der Waals surface area contributed by atoms with Crippen molar-refractivity contribution in [3.63, 3.8) is 0 Å². The Morgan fingerprint density at radius 2 is 1.62 bits per heavy atom. The lowest BCUT2D eigenvalue weighted by molar-refractivity contribution is 0.0696. The first kappa shape index (κ1) is 34.3. The lowest BCUT2D eigenvalue weighted by Crippen LogP contribution is -2.22. The molecule has 5 rings (SSSR count). The molecule has 0 aliphatic rings. The lowest BCUT2D eigenvalue weighted by Gasteiger charge is -2.18. The van der Waals surface area contributed by atoms with Crippen LogP contribution in [-0.2, 0) is 11.3 Å². The Bertz CT molecular complexity index is 1960. The predicted molar refractivity (Wildman–Crippen MR) is 192 cm³/mol. The van der Waals surface area contributed by atoms with Crippen LogP contribution in [0.4, 0.5) is 10.5 Å². The summed E-state index contributed by atoms with van der Waals surface area (Å²) in [5, 5.41) is 13.1. The third-order valence-electron chi connectivity index (χ3n) is 7.31. The zero-order chi connectivity index (χ0) is 34.4. The highest BCUT2D eigenvalue weighted by atomic mass is 35.5. The van der Waals surface area contributed by atoms with Gasteiger partial charge < -0.3 is 19.1 Å². The number of ether oxygens (including phenoxy) is 2. The van der Waals surface area contributed by atoms with Crippen LogP contribution in [-0.4, -0.2) is 40.4 Å². The summed E-state index contributed by atoms with van der Waals surface area (Å²) in [6.45, 7) is 6.74. The maximum Gasteiger partial charge on any atom is 0.411 e. The molecular weight excluding hydrogens is 649 g/mol. The van der Waals surface area contributed by atoms with Gasteiger partial charge in [0.1, 0.15) is 11.6 Å². The minimum absolute atomic E-state index is 0.139. The molecule has 0 aliphatic heterocycles. The van der Waals surface area contributed by atoms with Crippen LogP contribution in [0.15, 0.2) is 91.1 Å². The van der Waals surface area contributed by atoms with Crippen molar-refractivity contribution in [2.45, 2.75) is 27.3 Å². The highest BCUT2D eigenvalue weighted by Crippen LogP contribution is 2.32. The zero-order valence-corrected chi connectivity index (χ0v) is 28.5. The van der Waals surface area contributed by atoms with E-state index in [0.717, 1.165) is 27.8 Å². The molecule has 0 aliphatic carbocycles. The molecule has 0 atom stereocenters. The molecule has 48 heavy (non-hydrogen) atoms. The molecule has 0 spiro atoms. The fraction of sp³-hybridized carbons (Fsp3) is 0.184. The molecule has 1 amide bonds.